The van der Waals surface area contributed by atoms with Crippen LogP contribution < -0.4 is 0 Å². The quantitative estimate of drug-likeness (QED) is 0.547. The van der Waals surface area contributed by atoms with Crippen molar-refractivity contribution in [1.29, 1.82) is 0 Å². The molecule has 0 aliphatic rings. The Morgan fingerprint density at radius 1 is 1.00 bits per heavy atom. The van der Waals surface area contributed by atoms with Crippen LogP contribution in [0.1, 0.15) is 0 Å². The van der Waals surface area contributed by atoms with Gasteiger partial charge in [-0.1, -0.05) is 0 Å². The maximum Gasteiger partial charge on any atom is 0 e. The number of hydrogen-bond donors (Lipinski definition) is 0. The molecule has 0 saturated carbocycles. The van der Waals surface area contributed by atoms with Gasteiger partial charge < -0.3 is 0 Å². The van der Waals surface area contributed by atoms with E-state index < -0.39 is 0 Å². The van der Waals surface area contributed by atoms with E-state index >= 15 is 0 Å². The van der Waals surface area contributed by atoms with Crippen LogP contribution in [-0.4, -0.2) is 0 Å². The van der Waals surface area contributed by atoms with Crippen LogP contribution in [-0.2, 0) is 88.5 Å². The van der Waals surface area contributed by atoms with E-state index in [-0.39, 0.29) is 88.5 Å². The summed E-state index contributed by atoms with van der Waals surface area (Å²) in [5.41, 5.74) is 0. The second kappa shape index (κ2) is 29.7. The van der Waals surface area contributed by atoms with Crippen molar-refractivity contribution in [3.05, 3.63) is 0 Å². The third-order valence-corrected chi connectivity index (χ3v) is 0. The van der Waals surface area contributed by atoms with Gasteiger partial charge in [-0.15, -0.1) is 0 Å². The summed E-state index contributed by atoms with van der Waals surface area (Å²) in [5, 5.41) is 0. The normalized spacial score (nSPS) is 0. The summed E-state index contributed by atoms with van der Waals surface area (Å²) in [6.07, 6.45) is 0. The molecule has 0 aromatic heterocycles. The minimum atomic E-state index is 0. The average molecular weight is 333 g/mol. The minimum Gasteiger partial charge on any atom is 0 e. The molecule has 5 heteroatoms. The molecule has 0 heterocycles. The molecule has 0 aromatic rings. The summed E-state index contributed by atoms with van der Waals surface area (Å²) in [6.45, 7) is 0. The van der Waals surface area contributed by atoms with Crippen LogP contribution in [0, 0.1) is 0 Å². The number of rotatable bonds is 0. The molecule has 0 rings (SSSR count). The molecule has 0 spiro atoms. The van der Waals surface area contributed by atoms with Gasteiger partial charge in [-0.3, -0.25) is 0 Å². The molecule has 0 atom stereocenters. The Bertz CT molecular complexity index is 11.6. The van der Waals surface area contributed by atoms with Crippen LogP contribution in [0.2, 0.25) is 0 Å². The molecule has 0 unspecified atom stereocenters. The van der Waals surface area contributed by atoms with Gasteiger partial charge >= 0.3 is 0 Å². The molecule has 0 amide bonds. The molecule has 0 aromatic carbocycles. The fourth-order valence-corrected chi connectivity index (χ4v) is 0. The zero-order chi connectivity index (χ0) is 0. The molecule has 0 bridgehead atoms. The molecular weight excluding hydrogens is 333 g/mol. The topological polar surface area (TPSA) is 0 Å². The standard InChI is InChI=1S/Co.Cu.Fe.Mo.Ni. The Hall–Kier alpha value is 2.73. The third kappa shape index (κ3) is 20.2. The molecule has 0 fully saturated rings. The van der Waals surface area contributed by atoms with Crippen LogP contribution >= 0.6 is 0 Å². The van der Waals surface area contributed by atoms with Gasteiger partial charge in [-0.2, -0.15) is 0 Å². The monoisotopic (exact) mass is 334 g/mol. The summed E-state index contributed by atoms with van der Waals surface area (Å²) >= 11 is 0. The van der Waals surface area contributed by atoms with Crippen molar-refractivity contribution in [2.45, 2.75) is 0 Å². The zero-order valence-corrected chi connectivity index (χ0v) is 7.79. The predicted octanol–water partition coefficient (Wildman–Crippen LogP) is -0.0125. The summed E-state index contributed by atoms with van der Waals surface area (Å²) in [6, 6.07) is 0. The summed E-state index contributed by atoms with van der Waals surface area (Å²) < 4.78 is 0. The predicted molar refractivity (Wildman–Crippen MR) is 0 cm³/mol. The minimum absolute atomic E-state index is 0. The van der Waals surface area contributed by atoms with Crippen LogP contribution in [0.25, 0.3) is 0 Å². The van der Waals surface area contributed by atoms with E-state index in [0.717, 1.165) is 0 Å². The smallest absolute Gasteiger partial charge is 0 e. The van der Waals surface area contributed by atoms with Crippen LogP contribution in [0.4, 0.5) is 0 Å². The second-order valence-corrected chi connectivity index (χ2v) is 0. The van der Waals surface area contributed by atoms with Gasteiger partial charge in [-0.05, 0) is 0 Å². The van der Waals surface area contributed by atoms with Gasteiger partial charge in [0.1, 0.15) is 0 Å². The zero-order valence-electron chi connectivity index (χ0n) is 1.71. The Morgan fingerprint density at radius 2 is 1.00 bits per heavy atom. The van der Waals surface area contributed by atoms with Gasteiger partial charge in [0.25, 0.3) is 0 Å². The fraction of sp³-hybridized carbons (Fsp3) is 0. The second-order valence-electron chi connectivity index (χ2n) is 0. The Kier molecular flexibility index (Phi) is 279. The Balaban J connectivity index is 0. The molecule has 0 aliphatic heterocycles. The van der Waals surface area contributed by atoms with Crippen LogP contribution in [0.5, 0.6) is 0 Å². The fourth-order valence-electron chi connectivity index (χ4n) is 0. The maximum absolute atomic E-state index is 0. The molecule has 44 valence electrons. The van der Waals surface area contributed by atoms with E-state index in [1.165, 1.54) is 0 Å². The molecular formula is CoCuFeMoNi. The van der Waals surface area contributed by atoms with Crippen molar-refractivity contribution in [2.24, 2.45) is 0 Å². The first-order valence-corrected chi connectivity index (χ1v) is 0. The molecule has 5 heavy (non-hydrogen) atoms. The Labute approximate surface area is 87.3 Å². The summed E-state index contributed by atoms with van der Waals surface area (Å²) in [7, 11) is 0. The van der Waals surface area contributed by atoms with Crippen molar-refractivity contribution >= 4 is 0 Å². The van der Waals surface area contributed by atoms with Crippen molar-refractivity contribution < 1.29 is 88.5 Å². The molecule has 2 radical (unpaired) electrons. The van der Waals surface area contributed by atoms with Gasteiger partial charge in [-0.25, -0.2) is 0 Å². The van der Waals surface area contributed by atoms with Crippen molar-refractivity contribution in [3.8, 4) is 0 Å². The van der Waals surface area contributed by atoms with E-state index in [0.29, 0.717) is 0 Å². The van der Waals surface area contributed by atoms with Crippen LogP contribution in [0.3, 0.4) is 0 Å². The van der Waals surface area contributed by atoms with Gasteiger partial charge in [0.05, 0.1) is 0 Å². The SMILES string of the molecule is [Co].[Cu].[Fe].[Mo].[Ni]. The molecule has 0 nitrogen and oxygen atoms in total. The van der Waals surface area contributed by atoms with E-state index in [2.05, 4.69) is 0 Å². The van der Waals surface area contributed by atoms with E-state index in [9.17, 15) is 0 Å². The largest absolute Gasteiger partial charge is 0 e. The number of hydrogen-bond acceptors (Lipinski definition) is 0. The summed E-state index contributed by atoms with van der Waals surface area (Å²) in [4.78, 5) is 0. The third-order valence-electron chi connectivity index (χ3n) is 0. The van der Waals surface area contributed by atoms with Gasteiger partial charge in [0, 0.05) is 88.5 Å². The molecule has 0 N–H and O–H groups in total. The summed E-state index contributed by atoms with van der Waals surface area (Å²) in [5.74, 6) is 0. The van der Waals surface area contributed by atoms with Crippen molar-refractivity contribution in [1.82, 2.24) is 0 Å². The molecule has 0 saturated heterocycles. The van der Waals surface area contributed by atoms with E-state index in [1.807, 2.05) is 0 Å². The average Bonchev–Trinajstić information content (AvgIpc) is 0. The first kappa shape index (κ1) is 47.0. The molecule has 0 aliphatic carbocycles. The van der Waals surface area contributed by atoms with Crippen molar-refractivity contribution in [2.75, 3.05) is 0 Å². The Morgan fingerprint density at radius 3 is 1.00 bits per heavy atom. The van der Waals surface area contributed by atoms with Gasteiger partial charge in [0.2, 0.25) is 0 Å². The van der Waals surface area contributed by atoms with E-state index in [4.69, 9.17) is 0 Å². The first-order valence-electron chi connectivity index (χ1n) is 0. The maximum atomic E-state index is 0. The van der Waals surface area contributed by atoms with Crippen molar-refractivity contribution in [3.63, 3.8) is 0 Å². The van der Waals surface area contributed by atoms with E-state index in [1.54, 1.807) is 0 Å². The van der Waals surface area contributed by atoms with Gasteiger partial charge in [0.15, 0.2) is 0 Å². The van der Waals surface area contributed by atoms with Crippen LogP contribution in [0.15, 0.2) is 0 Å². The first-order chi connectivity index (χ1) is 0.